The van der Waals surface area contributed by atoms with E-state index in [0.717, 1.165) is 0 Å². The van der Waals surface area contributed by atoms with Gasteiger partial charge in [0, 0.05) is 13.0 Å². The van der Waals surface area contributed by atoms with Crippen LogP contribution in [0.5, 0.6) is 0 Å². The number of hydrogen-bond donors (Lipinski definition) is 4. The number of nitrogens with one attached hydrogen (secondary N) is 2. The number of unbranched alkanes of at least 4 members (excludes halogenated alkanes) is 1. The summed E-state index contributed by atoms with van der Waals surface area (Å²) < 4.78 is 5.38. The summed E-state index contributed by atoms with van der Waals surface area (Å²) in [7, 11) is 0. The van der Waals surface area contributed by atoms with Gasteiger partial charge < -0.3 is 25.9 Å². The second-order valence-electron chi connectivity index (χ2n) is 5.27. The van der Waals surface area contributed by atoms with Gasteiger partial charge in [0.15, 0.2) is 0 Å². The molecule has 0 saturated heterocycles. The lowest BCUT2D eigenvalue weighted by atomic mass is 10.1. The van der Waals surface area contributed by atoms with Crippen molar-refractivity contribution in [2.45, 2.75) is 51.5 Å². The standard InChI is InChI=1S/C14H23N5O5/c1-2-5-11(21)17-9(6-3-4-7-16-14(22)23)13-19-18-12(24-13)8-10(15)20/h9,16H,2-8H2,1H3,(H2,15,20)(H,17,21)(H,22,23). The van der Waals surface area contributed by atoms with Crippen LogP contribution >= 0.6 is 0 Å². The highest BCUT2D eigenvalue weighted by atomic mass is 16.4. The predicted octanol–water partition coefficient (Wildman–Crippen LogP) is 0.493. The van der Waals surface area contributed by atoms with Gasteiger partial charge in [-0.15, -0.1) is 10.2 Å². The molecule has 0 radical (unpaired) electrons. The van der Waals surface area contributed by atoms with Crippen LogP contribution in [0.2, 0.25) is 0 Å². The van der Waals surface area contributed by atoms with E-state index in [-0.39, 0.29) is 24.1 Å². The fourth-order valence-electron chi connectivity index (χ4n) is 2.05. The molecule has 134 valence electrons. The Kier molecular flexibility index (Phi) is 8.23. The highest BCUT2D eigenvalue weighted by Gasteiger charge is 2.21. The van der Waals surface area contributed by atoms with Crippen molar-refractivity contribution in [2.75, 3.05) is 6.54 Å². The molecule has 1 unspecified atom stereocenters. The van der Waals surface area contributed by atoms with Gasteiger partial charge in [0.2, 0.25) is 23.6 Å². The van der Waals surface area contributed by atoms with Crippen LogP contribution in [-0.4, -0.2) is 39.8 Å². The number of carbonyl (C=O) groups is 3. The Hall–Kier alpha value is -2.65. The van der Waals surface area contributed by atoms with Crippen molar-refractivity contribution in [3.8, 4) is 0 Å². The average molecular weight is 341 g/mol. The summed E-state index contributed by atoms with van der Waals surface area (Å²) in [5.74, 6) is -0.418. The summed E-state index contributed by atoms with van der Waals surface area (Å²) in [5.41, 5.74) is 5.08. The minimum Gasteiger partial charge on any atom is -0.465 e. The number of nitrogens with two attached hydrogens (primary N) is 1. The van der Waals surface area contributed by atoms with Gasteiger partial charge >= 0.3 is 6.09 Å². The van der Waals surface area contributed by atoms with Gasteiger partial charge in [-0.2, -0.15) is 0 Å². The molecule has 0 aromatic carbocycles. The first-order chi connectivity index (χ1) is 11.4. The first-order valence-corrected chi connectivity index (χ1v) is 7.79. The predicted molar refractivity (Wildman–Crippen MR) is 82.9 cm³/mol. The molecule has 0 aliphatic heterocycles. The molecule has 24 heavy (non-hydrogen) atoms. The van der Waals surface area contributed by atoms with E-state index in [1.165, 1.54) is 0 Å². The van der Waals surface area contributed by atoms with E-state index in [1.54, 1.807) is 0 Å². The van der Waals surface area contributed by atoms with Crippen molar-refractivity contribution in [1.82, 2.24) is 20.8 Å². The number of rotatable bonds is 11. The lowest BCUT2D eigenvalue weighted by molar-refractivity contribution is -0.122. The molecule has 0 saturated carbocycles. The zero-order chi connectivity index (χ0) is 17.9. The largest absolute Gasteiger partial charge is 0.465 e. The summed E-state index contributed by atoms with van der Waals surface area (Å²) in [5, 5.41) is 21.2. The molecule has 1 atom stereocenters. The van der Waals surface area contributed by atoms with Crippen molar-refractivity contribution in [1.29, 1.82) is 0 Å². The van der Waals surface area contributed by atoms with Crippen molar-refractivity contribution in [3.05, 3.63) is 11.8 Å². The number of hydrogen-bond acceptors (Lipinski definition) is 6. The summed E-state index contributed by atoms with van der Waals surface area (Å²) >= 11 is 0. The van der Waals surface area contributed by atoms with Crippen molar-refractivity contribution in [3.63, 3.8) is 0 Å². The molecule has 0 bridgehead atoms. The van der Waals surface area contributed by atoms with E-state index in [2.05, 4.69) is 20.8 Å². The quantitative estimate of drug-likeness (QED) is 0.426. The van der Waals surface area contributed by atoms with Crippen LogP contribution in [0.15, 0.2) is 4.42 Å². The summed E-state index contributed by atoms with van der Waals surface area (Å²) in [6.45, 7) is 2.21. The zero-order valence-electron chi connectivity index (χ0n) is 13.6. The van der Waals surface area contributed by atoms with E-state index in [0.29, 0.717) is 38.6 Å². The lowest BCUT2D eigenvalue weighted by Gasteiger charge is -2.15. The monoisotopic (exact) mass is 341 g/mol. The normalized spacial score (nSPS) is 11.7. The molecular formula is C14H23N5O5. The molecular weight excluding hydrogens is 318 g/mol. The van der Waals surface area contributed by atoms with E-state index >= 15 is 0 Å². The molecule has 1 rings (SSSR count). The Morgan fingerprint density at radius 2 is 2.04 bits per heavy atom. The molecule has 0 fully saturated rings. The average Bonchev–Trinajstić information content (AvgIpc) is 2.93. The molecule has 1 aromatic heterocycles. The molecule has 1 aromatic rings. The molecule has 5 N–H and O–H groups in total. The number of nitrogens with zero attached hydrogens (tertiary/aromatic N) is 2. The minimum absolute atomic E-state index is 0.0970. The molecule has 1 heterocycles. The summed E-state index contributed by atoms with van der Waals surface area (Å²) in [4.78, 5) is 33.1. The maximum absolute atomic E-state index is 11.8. The lowest BCUT2D eigenvalue weighted by Crippen LogP contribution is -2.29. The van der Waals surface area contributed by atoms with E-state index in [4.69, 9.17) is 15.3 Å². The van der Waals surface area contributed by atoms with E-state index < -0.39 is 18.0 Å². The van der Waals surface area contributed by atoms with Gasteiger partial charge in [-0.1, -0.05) is 6.92 Å². The topological polar surface area (TPSA) is 160 Å². The third kappa shape index (κ3) is 7.56. The van der Waals surface area contributed by atoms with Crippen LogP contribution in [0.1, 0.15) is 56.9 Å². The Balaban J connectivity index is 2.62. The number of primary amides is 1. The summed E-state index contributed by atoms with van der Waals surface area (Å²) in [6, 6.07) is -0.483. The molecule has 3 amide bonds. The Bertz CT molecular complexity index is 560. The first-order valence-electron chi connectivity index (χ1n) is 7.79. The number of aromatic nitrogens is 2. The Morgan fingerprint density at radius 3 is 2.67 bits per heavy atom. The zero-order valence-corrected chi connectivity index (χ0v) is 13.6. The Morgan fingerprint density at radius 1 is 1.29 bits per heavy atom. The molecule has 10 heteroatoms. The molecule has 0 spiro atoms. The second kappa shape index (κ2) is 10.2. The molecule has 0 aliphatic rings. The number of carboxylic acid groups (broad SMARTS) is 1. The SMILES string of the molecule is CCCC(=O)NC(CCCCNC(=O)O)c1nnc(CC(N)=O)o1. The van der Waals surface area contributed by atoms with Gasteiger partial charge in [0.25, 0.3) is 0 Å². The third-order valence-electron chi connectivity index (χ3n) is 3.11. The van der Waals surface area contributed by atoms with Crippen molar-refractivity contribution >= 4 is 17.9 Å². The Labute approximate surface area is 139 Å². The third-order valence-corrected chi connectivity index (χ3v) is 3.11. The smallest absolute Gasteiger partial charge is 0.404 e. The van der Waals surface area contributed by atoms with Crippen LogP contribution in [0.4, 0.5) is 4.79 Å². The molecule has 0 aliphatic carbocycles. The highest BCUT2D eigenvalue weighted by Crippen LogP contribution is 2.19. The first kappa shape index (κ1) is 19.4. The fourth-order valence-corrected chi connectivity index (χ4v) is 2.05. The van der Waals surface area contributed by atoms with Crippen molar-refractivity contribution in [2.24, 2.45) is 5.73 Å². The number of carbonyl (C=O) groups excluding carboxylic acids is 2. The van der Waals surface area contributed by atoms with Crippen molar-refractivity contribution < 1.29 is 23.9 Å². The maximum atomic E-state index is 11.8. The van der Waals surface area contributed by atoms with E-state index in [9.17, 15) is 14.4 Å². The minimum atomic E-state index is -1.07. The van der Waals surface area contributed by atoms with Crippen LogP contribution < -0.4 is 16.4 Å². The van der Waals surface area contributed by atoms with Gasteiger partial charge in [-0.05, 0) is 25.7 Å². The van der Waals surface area contributed by atoms with E-state index in [1.807, 2.05) is 6.92 Å². The van der Waals surface area contributed by atoms with Crippen LogP contribution in [0.25, 0.3) is 0 Å². The fraction of sp³-hybridized carbons (Fsp3) is 0.643. The van der Waals surface area contributed by atoms with Crippen LogP contribution in [0.3, 0.4) is 0 Å². The van der Waals surface area contributed by atoms with Crippen LogP contribution in [0, 0.1) is 0 Å². The molecule has 10 nitrogen and oxygen atoms in total. The van der Waals surface area contributed by atoms with Gasteiger partial charge in [-0.3, -0.25) is 9.59 Å². The van der Waals surface area contributed by atoms with Gasteiger partial charge in [-0.25, -0.2) is 4.79 Å². The summed E-state index contributed by atoms with van der Waals surface area (Å²) in [6.07, 6.45) is 1.60. The highest BCUT2D eigenvalue weighted by molar-refractivity contribution is 5.76. The number of amides is 3. The maximum Gasteiger partial charge on any atom is 0.404 e. The van der Waals surface area contributed by atoms with Crippen LogP contribution in [-0.2, 0) is 16.0 Å². The second-order valence-corrected chi connectivity index (χ2v) is 5.27. The van der Waals surface area contributed by atoms with Gasteiger partial charge in [0.05, 0.1) is 0 Å². The van der Waals surface area contributed by atoms with Gasteiger partial charge in [0.1, 0.15) is 12.5 Å².